The van der Waals surface area contributed by atoms with Gasteiger partial charge in [0.1, 0.15) is 8.07 Å². The van der Waals surface area contributed by atoms with Gasteiger partial charge in [-0.1, -0.05) is 44.9 Å². The van der Waals surface area contributed by atoms with Crippen molar-refractivity contribution in [2.75, 3.05) is 25.0 Å². The van der Waals surface area contributed by atoms with Crippen molar-refractivity contribution < 1.29 is 0 Å². The Bertz CT molecular complexity index is 329. The molecule has 0 N–H and O–H groups in total. The number of hydrogen-bond donors (Lipinski definition) is 0. The predicted octanol–water partition coefficient (Wildman–Crippen LogP) is 5.67. The third kappa shape index (κ3) is 2.32. The molecule has 120 valence electrons. The standard InChI is InChI=1S/C13H32S4Si3/c1-14-12(15-2)18(5,6)11-19(7,8)13(16-3,17-4)20(12,9)10/h11H2,1-10H3. The van der Waals surface area contributed by atoms with Crippen LogP contribution in [0.4, 0.5) is 0 Å². The van der Waals surface area contributed by atoms with Crippen molar-refractivity contribution in [1.29, 1.82) is 0 Å². The molecule has 0 unspecified atom stereocenters. The molecule has 20 heavy (non-hydrogen) atoms. The molecule has 0 aromatic carbocycles. The molecule has 0 atom stereocenters. The van der Waals surface area contributed by atoms with Gasteiger partial charge >= 0.3 is 0 Å². The van der Waals surface area contributed by atoms with E-state index < -0.39 is 24.2 Å². The van der Waals surface area contributed by atoms with Gasteiger partial charge in [-0.3, -0.25) is 0 Å². The lowest BCUT2D eigenvalue weighted by atomic mass is 11.6. The summed E-state index contributed by atoms with van der Waals surface area (Å²) in [6.07, 6.45) is 9.58. The van der Waals surface area contributed by atoms with Gasteiger partial charge in [0, 0.05) is 6.65 Å². The Morgan fingerprint density at radius 1 is 0.600 bits per heavy atom. The van der Waals surface area contributed by atoms with Crippen molar-refractivity contribution in [1.82, 2.24) is 0 Å². The molecule has 0 amide bonds. The van der Waals surface area contributed by atoms with Crippen molar-refractivity contribution in [2.45, 2.75) is 51.6 Å². The fraction of sp³-hybridized carbons (Fsp3) is 1.00. The van der Waals surface area contributed by atoms with E-state index in [1.165, 1.54) is 0 Å². The summed E-state index contributed by atoms with van der Waals surface area (Å²) in [6, 6.07) is 0. The Kier molecular flexibility index (Phi) is 6.19. The average Bonchev–Trinajstić information content (AvgIpc) is 2.28. The first-order chi connectivity index (χ1) is 8.95. The van der Waals surface area contributed by atoms with E-state index in [2.05, 4.69) is 111 Å². The number of hydrogen-bond acceptors (Lipinski definition) is 4. The van der Waals surface area contributed by atoms with Gasteiger partial charge in [0.15, 0.2) is 0 Å². The van der Waals surface area contributed by atoms with Crippen LogP contribution in [0.15, 0.2) is 0 Å². The molecular weight excluding hydrogens is 369 g/mol. The molecule has 0 aromatic heterocycles. The predicted molar refractivity (Wildman–Crippen MR) is 117 cm³/mol. The van der Waals surface area contributed by atoms with E-state index in [1.807, 2.05) is 0 Å². The molecule has 0 aromatic rings. The van der Waals surface area contributed by atoms with Gasteiger partial charge in [0.05, 0.1) is 16.1 Å². The molecule has 0 saturated carbocycles. The molecule has 7 heteroatoms. The lowest BCUT2D eigenvalue weighted by Crippen LogP contribution is -2.83. The molecule has 0 bridgehead atoms. The maximum absolute atomic E-state index is 2.72. The zero-order chi connectivity index (χ0) is 16.0. The van der Waals surface area contributed by atoms with E-state index in [0.29, 0.717) is 6.65 Å². The fourth-order valence-electron chi connectivity index (χ4n) is 5.54. The van der Waals surface area contributed by atoms with Crippen LogP contribution in [0.1, 0.15) is 0 Å². The highest BCUT2D eigenvalue weighted by Gasteiger charge is 2.73. The van der Waals surface area contributed by atoms with Crippen LogP contribution in [0.5, 0.6) is 0 Å². The summed E-state index contributed by atoms with van der Waals surface area (Å²) < 4.78 is 1.10. The highest BCUT2D eigenvalue weighted by Crippen LogP contribution is 2.66. The molecular formula is C13H32S4Si3. The second kappa shape index (κ2) is 6.16. The van der Waals surface area contributed by atoms with E-state index in [9.17, 15) is 0 Å². The zero-order valence-corrected chi connectivity index (χ0v) is 21.1. The van der Waals surface area contributed by atoms with Gasteiger partial charge in [0.25, 0.3) is 0 Å². The van der Waals surface area contributed by atoms with Gasteiger partial charge in [0.2, 0.25) is 0 Å². The Balaban J connectivity index is 3.66. The lowest BCUT2D eigenvalue weighted by Gasteiger charge is -2.68. The fourth-order valence-corrected chi connectivity index (χ4v) is 57.9. The van der Waals surface area contributed by atoms with Crippen molar-refractivity contribution in [3.05, 3.63) is 0 Å². The Morgan fingerprint density at radius 3 is 1.05 bits per heavy atom. The summed E-state index contributed by atoms with van der Waals surface area (Å²) in [7, 11) is -3.92. The van der Waals surface area contributed by atoms with Gasteiger partial charge in [-0.2, -0.15) is 47.0 Å². The van der Waals surface area contributed by atoms with Crippen LogP contribution in [0.2, 0.25) is 44.9 Å². The molecule has 0 radical (unpaired) electrons. The van der Waals surface area contributed by atoms with E-state index in [1.54, 1.807) is 5.67 Å². The monoisotopic (exact) mass is 400 g/mol. The first-order valence-corrected chi connectivity index (χ1v) is 21.5. The smallest absolute Gasteiger partial charge is 0.100 e. The van der Waals surface area contributed by atoms with E-state index >= 15 is 0 Å². The second-order valence-electron chi connectivity index (χ2n) is 7.62. The molecule has 1 aliphatic heterocycles. The molecule has 0 aliphatic carbocycles. The molecule has 1 fully saturated rings. The average molecular weight is 401 g/mol. The first-order valence-electron chi connectivity index (χ1n) is 7.16. The summed E-state index contributed by atoms with van der Waals surface area (Å²) in [5, 5.41) is 0. The summed E-state index contributed by atoms with van der Waals surface area (Å²) >= 11 is 8.89. The zero-order valence-electron chi connectivity index (χ0n) is 14.8. The van der Waals surface area contributed by atoms with Crippen molar-refractivity contribution in [3.63, 3.8) is 0 Å². The topological polar surface area (TPSA) is 0 Å². The second-order valence-corrected chi connectivity index (χ2v) is 31.3. The first kappa shape index (κ1) is 20.1. The van der Waals surface area contributed by atoms with Crippen molar-refractivity contribution in [2.24, 2.45) is 0 Å². The van der Waals surface area contributed by atoms with Crippen LogP contribution < -0.4 is 0 Å². The molecule has 1 rings (SSSR count). The third-order valence-electron chi connectivity index (χ3n) is 5.46. The van der Waals surface area contributed by atoms with Crippen molar-refractivity contribution in [3.8, 4) is 0 Å². The van der Waals surface area contributed by atoms with Crippen LogP contribution in [0.25, 0.3) is 0 Å². The van der Waals surface area contributed by atoms with Crippen molar-refractivity contribution >= 4 is 71.3 Å². The van der Waals surface area contributed by atoms with Crippen LogP contribution >= 0.6 is 47.0 Å². The Labute approximate surface area is 147 Å². The Hall–Kier alpha value is 2.05. The van der Waals surface area contributed by atoms with Crippen LogP contribution in [-0.2, 0) is 0 Å². The maximum atomic E-state index is 2.72. The third-order valence-corrected chi connectivity index (χ3v) is 49.2. The summed E-state index contributed by atoms with van der Waals surface area (Å²) in [5.74, 6) is 0. The minimum absolute atomic E-state index is 0.550. The largest absolute Gasteiger partial charge is 0.154 e. The molecule has 1 aliphatic rings. The summed E-state index contributed by atoms with van der Waals surface area (Å²) in [4.78, 5) is 0. The minimum Gasteiger partial charge on any atom is -0.154 e. The highest BCUT2D eigenvalue weighted by molar-refractivity contribution is 8.27. The van der Waals surface area contributed by atoms with E-state index in [4.69, 9.17) is 0 Å². The lowest BCUT2D eigenvalue weighted by molar-refractivity contribution is 1.22. The van der Waals surface area contributed by atoms with Gasteiger partial charge in [-0.25, -0.2) is 0 Å². The van der Waals surface area contributed by atoms with Gasteiger partial charge in [-0.15, -0.1) is 0 Å². The van der Waals surface area contributed by atoms with E-state index in [0.717, 1.165) is 0 Å². The Morgan fingerprint density at radius 2 is 0.850 bits per heavy atom. The summed E-state index contributed by atoms with van der Waals surface area (Å²) in [6.45, 7) is 16.2. The molecule has 0 spiro atoms. The number of thioether (sulfide) groups is 4. The van der Waals surface area contributed by atoms with Crippen LogP contribution in [-0.4, -0.2) is 55.9 Å². The molecule has 1 saturated heterocycles. The number of rotatable bonds is 4. The molecule has 0 nitrogen and oxygen atoms in total. The molecule has 1 heterocycles. The maximum Gasteiger partial charge on any atom is 0.100 e. The highest BCUT2D eigenvalue weighted by atomic mass is 32.2. The van der Waals surface area contributed by atoms with Gasteiger partial charge in [-0.05, 0) is 25.0 Å². The van der Waals surface area contributed by atoms with Gasteiger partial charge < -0.3 is 0 Å². The quantitative estimate of drug-likeness (QED) is 0.440. The minimum atomic E-state index is -1.45. The van der Waals surface area contributed by atoms with E-state index in [-0.39, 0.29) is 0 Å². The van der Waals surface area contributed by atoms with Crippen LogP contribution in [0.3, 0.4) is 0 Å². The SMILES string of the molecule is CSC1(SC)[Si](C)(C)C[Si](C)(C)C(SC)(SC)[Si]1(C)C. The summed E-state index contributed by atoms with van der Waals surface area (Å²) in [5.41, 5.74) is 1.58. The normalized spacial score (nSPS) is 29.1. The van der Waals surface area contributed by atoms with Crippen LogP contribution in [0, 0.1) is 0 Å².